The number of carbonyl (C=O) groups is 2. The molecule has 1 heterocycles. The van der Waals surface area contributed by atoms with Crippen LogP contribution in [0.2, 0.25) is 0 Å². The highest BCUT2D eigenvalue weighted by atomic mass is 32.1. The van der Waals surface area contributed by atoms with Gasteiger partial charge >= 0.3 is 12.0 Å². The number of nitrogens with zero attached hydrogens (tertiary/aromatic N) is 1. The van der Waals surface area contributed by atoms with Crippen molar-refractivity contribution in [2.75, 3.05) is 11.4 Å². The van der Waals surface area contributed by atoms with Crippen molar-refractivity contribution in [3.63, 3.8) is 0 Å². The van der Waals surface area contributed by atoms with E-state index < -0.39 is 5.97 Å². The number of carbonyl (C=O) groups excluding carboxylic acids is 1. The molecule has 2 amide bonds. The van der Waals surface area contributed by atoms with Crippen LogP contribution >= 0.6 is 11.3 Å². The molecule has 2 rings (SSSR count). The smallest absolute Gasteiger partial charge is 0.322 e. The minimum Gasteiger partial charge on any atom is -0.481 e. The molecular formula is C15H16N2O3S. The van der Waals surface area contributed by atoms with Crippen molar-refractivity contribution < 1.29 is 14.7 Å². The van der Waals surface area contributed by atoms with Crippen molar-refractivity contribution in [3.05, 3.63) is 52.7 Å². The summed E-state index contributed by atoms with van der Waals surface area (Å²) in [5, 5.41) is 15.5. The number of para-hydroxylation sites is 1. The molecule has 5 nitrogen and oxygen atoms in total. The van der Waals surface area contributed by atoms with Crippen LogP contribution in [-0.2, 0) is 11.3 Å². The lowest BCUT2D eigenvalue weighted by molar-refractivity contribution is -0.136. The second-order valence-corrected chi connectivity index (χ2v) is 5.20. The van der Waals surface area contributed by atoms with Crippen LogP contribution in [0.3, 0.4) is 0 Å². The van der Waals surface area contributed by atoms with Crippen molar-refractivity contribution in [3.8, 4) is 0 Å². The van der Waals surface area contributed by atoms with Gasteiger partial charge in [0.05, 0.1) is 6.42 Å². The quantitative estimate of drug-likeness (QED) is 0.862. The van der Waals surface area contributed by atoms with Gasteiger partial charge in [-0.2, -0.15) is 11.3 Å². The van der Waals surface area contributed by atoms with Gasteiger partial charge in [0.1, 0.15) is 0 Å². The van der Waals surface area contributed by atoms with Gasteiger partial charge < -0.3 is 10.4 Å². The third kappa shape index (κ3) is 4.61. The fourth-order valence-electron chi connectivity index (χ4n) is 1.83. The third-order valence-corrected chi connectivity index (χ3v) is 3.62. The fraction of sp³-hybridized carbons (Fsp3) is 0.200. The van der Waals surface area contributed by atoms with Crippen molar-refractivity contribution in [1.29, 1.82) is 0 Å². The molecule has 0 saturated heterocycles. The molecule has 0 aliphatic carbocycles. The average molecular weight is 304 g/mol. The molecule has 21 heavy (non-hydrogen) atoms. The highest BCUT2D eigenvalue weighted by Gasteiger charge is 2.16. The number of thiophene rings is 1. The van der Waals surface area contributed by atoms with E-state index in [4.69, 9.17) is 5.11 Å². The predicted molar refractivity (Wildman–Crippen MR) is 82.6 cm³/mol. The number of nitrogens with one attached hydrogen (secondary N) is 1. The summed E-state index contributed by atoms with van der Waals surface area (Å²) >= 11 is 1.57. The molecular weight excluding hydrogens is 288 g/mol. The Morgan fingerprint density at radius 2 is 1.95 bits per heavy atom. The highest BCUT2D eigenvalue weighted by Crippen LogP contribution is 2.14. The topological polar surface area (TPSA) is 69.6 Å². The Labute approximate surface area is 126 Å². The van der Waals surface area contributed by atoms with E-state index in [0.29, 0.717) is 12.2 Å². The number of carboxylic acid groups (broad SMARTS) is 1. The first-order valence-corrected chi connectivity index (χ1v) is 7.44. The maximum absolute atomic E-state index is 12.3. The summed E-state index contributed by atoms with van der Waals surface area (Å²) in [6, 6.07) is 10.7. The number of hydrogen-bond acceptors (Lipinski definition) is 3. The molecule has 0 aliphatic rings. The van der Waals surface area contributed by atoms with Crippen molar-refractivity contribution in [1.82, 2.24) is 5.32 Å². The van der Waals surface area contributed by atoms with Gasteiger partial charge in [-0.1, -0.05) is 18.2 Å². The van der Waals surface area contributed by atoms with E-state index in [2.05, 4.69) is 5.32 Å². The van der Waals surface area contributed by atoms with Crippen molar-refractivity contribution >= 4 is 29.0 Å². The number of carboxylic acids is 1. The Morgan fingerprint density at radius 1 is 1.19 bits per heavy atom. The number of amides is 2. The zero-order chi connectivity index (χ0) is 15.1. The second kappa shape index (κ2) is 7.44. The monoisotopic (exact) mass is 304 g/mol. The minimum atomic E-state index is -0.929. The Bertz CT molecular complexity index is 584. The van der Waals surface area contributed by atoms with Gasteiger partial charge in [0.2, 0.25) is 0 Å². The molecule has 2 N–H and O–H groups in total. The number of urea groups is 1. The highest BCUT2D eigenvalue weighted by molar-refractivity contribution is 7.07. The number of aliphatic carboxylic acids is 1. The third-order valence-electron chi connectivity index (χ3n) is 2.89. The van der Waals surface area contributed by atoms with Crippen LogP contribution in [0.1, 0.15) is 12.0 Å². The summed E-state index contributed by atoms with van der Waals surface area (Å²) in [5.74, 6) is -0.929. The number of rotatable bonds is 6. The van der Waals surface area contributed by atoms with E-state index in [0.717, 1.165) is 5.56 Å². The molecule has 1 aromatic carbocycles. The summed E-state index contributed by atoms with van der Waals surface area (Å²) in [5.41, 5.74) is 1.71. The van der Waals surface area contributed by atoms with Crippen LogP contribution in [0.5, 0.6) is 0 Å². The van der Waals surface area contributed by atoms with Crippen LogP contribution < -0.4 is 10.2 Å². The minimum absolute atomic E-state index is 0.0965. The second-order valence-electron chi connectivity index (χ2n) is 4.42. The zero-order valence-corrected chi connectivity index (χ0v) is 12.2. The first-order valence-electron chi connectivity index (χ1n) is 6.50. The van der Waals surface area contributed by atoms with E-state index in [1.807, 2.05) is 35.0 Å². The summed E-state index contributed by atoms with van der Waals surface area (Å²) in [7, 11) is 0. The lowest BCUT2D eigenvalue weighted by atomic mass is 10.2. The molecule has 110 valence electrons. The summed E-state index contributed by atoms with van der Waals surface area (Å²) in [6.45, 7) is 0.563. The van der Waals surface area contributed by atoms with E-state index in [1.54, 1.807) is 23.5 Å². The molecule has 0 atom stereocenters. The van der Waals surface area contributed by atoms with E-state index in [9.17, 15) is 9.59 Å². The Balaban J connectivity index is 2.03. The predicted octanol–water partition coefficient (Wildman–Crippen LogP) is 2.94. The molecule has 0 fully saturated rings. The van der Waals surface area contributed by atoms with Gasteiger partial charge in [-0.05, 0) is 34.5 Å². The molecule has 0 unspecified atom stereocenters. The number of anilines is 1. The summed E-state index contributed by atoms with van der Waals surface area (Å²) in [6.07, 6.45) is -0.0965. The first kappa shape index (κ1) is 15.1. The van der Waals surface area contributed by atoms with Crippen LogP contribution in [0.15, 0.2) is 47.2 Å². The molecule has 2 aromatic rings. The van der Waals surface area contributed by atoms with Gasteiger partial charge in [0.25, 0.3) is 0 Å². The van der Waals surface area contributed by atoms with Crippen LogP contribution in [0, 0.1) is 0 Å². The van der Waals surface area contributed by atoms with Gasteiger partial charge in [-0.25, -0.2) is 4.79 Å². The molecule has 0 radical (unpaired) electrons. The number of benzene rings is 1. The Morgan fingerprint density at radius 3 is 2.57 bits per heavy atom. The maximum Gasteiger partial charge on any atom is 0.322 e. The van der Waals surface area contributed by atoms with Crippen molar-refractivity contribution in [2.24, 2.45) is 0 Å². The SMILES string of the molecule is O=C(O)CCN(C(=O)NCc1ccsc1)c1ccccc1. The summed E-state index contributed by atoms with van der Waals surface area (Å²) < 4.78 is 0. The zero-order valence-electron chi connectivity index (χ0n) is 11.4. The first-order chi connectivity index (χ1) is 10.2. The fourth-order valence-corrected chi connectivity index (χ4v) is 2.50. The van der Waals surface area contributed by atoms with E-state index in [-0.39, 0.29) is 19.0 Å². The molecule has 0 bridgehead atoms. The van der Waals surface area contributed by atoms with Crippen LogP contribution in [-0.4, -0.2) is 23.7 Å². The molecule has 6 heteroatoms. The molecule has 1 aromatic heterocycles. The maximum atomic E-state index is 12.3. The van der Waals surface area contributed by atoms with Gasteiger partial charge in [0, 0.05) is 18.8 Å². The largest absolute Gasteiger partial charge is 0.481 e. The molecule has 0 saturated carbocycles. The van der Waals surface area contributed by atoms with E-state index >= 15 is 0 Å². The number of hydrogen-bond donors (Lipinski definition) is 2. The van der Waals surface area contributed by atoms with Gasteiger partial charge in [0.15, 0.2) is 0 Å². The summed E-state index contributed by atoms with van der Waals surface area (Å²) in [4.78, 5) is 24.5. The van der Waals surface area contributed by atoms with E-state index in [1.165, 1.54) is 4.90 Å². The lowest BCUT2D eigenvalue weighted by Crippen LogP contribution is -2.40. The Hall–Kier alpha value is -2.34. The molecule has 0 aliphatic heterocycles. The van der Waals surface area contributed by atoms with Gasteiger partial charge in [-0.15, -0.1) is 0 Å². The molecule has 0 spiro atoms. The Kier molecular flexibility index (Phi) is 5.34. The van der Waals surface area contributed by atoms with Gasteiger partial charge in [-0.3, -0.25) is 9.69 Å². The lowest BCUT2D eigenvalue weighted by Gasteiger charge is -2.22. The van der Waals surface area contributed by atoms with Crippen LogP contribution in [0.25, 0.3) is 0 Å². The van der Waals surface area contributed by atoms with Crippen molar-refractivity contribution in [2.45, 2.75) is 13.0 Å². The normalized spacial score (nSPS) is 10.1. The van der Waals surface area contributed by atoms with Crippen LogP contribution in [0.4, 0.5) is 10.5 Å². The average Bonchev–Trinajstić information content (AvgIpc) is 2.99. The standard InChI is InChI=1S/C15H16N2O3S/c18-14(19)6-8-17(13-4-2-1-3-5-13)15(20)16-10-12-7-9-21-11-12/h1-5,7,9,11H,6,8,10H2,(H,16,20)(H,18,19).